The minimum absolute atomic E-state index is 0.0277. The molecule has 0 bridgehead atoms. The summed E-state index contributed by atoms with van der Waals surface area (Å²) in [5.41, 5.74) is 1.12. The number of amides is 2. The van der Waals surface area contributed by atoms with Crippen molar-refractivity contribution in [3.8, 4) is 0 Å². The molecule has 29 heavy (non-hydrogen) atoms. The molecule has 152 valence electrons. The molecule has 1 unspecified atom stereocenters. The van der Waals surface area contributed by atoms with Crippen molar-refractivity contribution in [2.75, 3.05) is 18.4 Å². The van der Waals surface area contributed by atoms with Crippen molar-refractivity contribution in [1.82, 2.24) is 4.90 Å². The van der Waals surface area contributed by atoms with Crippen molar-refractivity contribution in [1.29, 1.82) is 0 Å². The zero-order valence-electron chi connectivity index (χ0n) is 16.5. The number of benzene rings is 2. The maximum absolute atomic E-state index is 14.1. The Morgan fingerprint density at radius 3 is 2.66 bits per heavy atom. The molecule has 2 aromatic carbocycles. The molecule has 2 aromatic rings. The Labute approximate surface area is 169 Å². The molecule has 1 aliphatic heterocycles. The summed E-state index contributed by atoms with van der Waals surface area (Å²) in [6, 6.07) is 11.5. The van der Waals surface area contributed by atoms with Gasteiger partial charge in [-0.2, -0.15) is 0 Å². The Morgan fingerprint density at radius 1 is 1.21 bits per heavy atom. The van der Waals surface area contributed by atoms with Gasteiger partial charge in [0.2, 0.25) is 5.91 Å². The molecule has 1 aliphatic carbocycles. The topological polar surface area (TPSA) is 69.6 Å². The van der Waals surface area contributed by atoms with Crippen molar-refractivity contribution < 1.29 is 19.1 Å². The van der Waals surface area contributed by atoms with E-state index >= 15 is 0 Å². The highest BCUT2D eigenvalue weighted by Gasteiger charge is 2.40. The summed E-state index contributed by atoms with van der Waals surface area (Å²) in [6.07, 6.45) is 3.14. The molecule has 1 atom stereocenters. The number of anilines is 1. The number of likely N-dealkylation sites (tertiary alicyclic amines) is 1. The van der Waals surface area contributed by atoms with Crippen LogP contribution in [-0.4, -0.2) is 34.9 Å². The van der Waals surface area contributed by atoms with E-state index in [2.05, 4.69) is 5.32 Å². The van der Waals surface area contributed by atoms with E-state index in [0.29, 0.717) is 18.7 Å². The van der Waals surface area contributed by atoms with Gasteiger partial charge in [-0.1, -0.05) is 30.7 Å². The lowest BCUT2D eigenvalue weighted by atomic mass is 9.85. The van der Waals surface area contributed by atoms with E-state index in [0.717, 1.165) is 30.4 Å². The third kappa shape index (κ3) is 3.90. The lowest BCUT2D eigenvalue weighted by Crippen LogP contribution is -2.35. The molecular weight excluding hydrogens is 371 g/mol. The fourth-order valence-electron chi connectivity index (χ4n) is 4.16. The summed E-state index contributed by atoms with van der Waals surface area (Å²) in [6.45, 7) is 2.46. The highest BCUT2D eigenvalue weighted by molar-refractivity contribution is 5.98. The smallest absolute Gasteiger partial charge is 0.254 e. The fraction of sp³-hybridized carbons (Fsp3) is 0.391. The summed E-state index contributed by atoms with van der Waals surface area (Å²) >= 11 is 0. The predicted octanol–water partition coefficient (Wildman–Crippen LogP) is 3.61. The lowest BCUT2D eigenvalue weighted by Gasteiger charge is -2.26. The summed E-state index contributed by atoms with van der Waals surface area (Å²) in [4.78, 5) is 26.7. The maximum atomic E-state index is 14.1. The second kappa shape index (κ2) is 7.59. The quantitative estimate of drug-likeness (QED) is 0.830. The fourth-order valence-corrected chi connectivity index (χ4v) is 4.16. The number of halogens is 1. The Bertz CT molecular complexity index is 957. The van der Waals surface area contributed by atoms with Gasteiger partial charge in [-0.15, -0.1) is 0 Å². The molecule has 1 saturated heterocycles. The third-order valence-corrected chi connectivity index (χ3v) is 6.07. The summed E-state index contributed by atoms with van der Waals surface area (Å²) in [7, 11) is 0. The minimum Gasteiger partial charge on any atom is -0.383 e. The van der Waals surface area contributed by atoms with E-state index in [-0.39, 0.29) is 29.8 Å². The average Bonchev–Trinajstić information content (AvgIpc) is 3.02. The molecule has 0 aromatic heterocycles. The van der Waals surface area contributed by atoms with Gasteiger partial charge in [0.05, 0.1) is 6.54 Å². The number of rotatable bonds is 4. The molecule has 2 amide bonds. The number of nitrogens with one attached hydrogen (secondary N) is 1. The molecule has 0 radical (unpaired) electrons. The van der Waals surface area contributed by atoms with Gasteiger partial charge in [-0.25, -0.2) is 4.39 Å². The normalized spacial score (nSPS) is 21.7. The van der Waals surface area contributed by atoms with Gasteiger partial charge in [0.15, 0.2) is 0 Å². The van der Waals surface area contributed by atoms with Crippen molar-refractivity contribution in [3.63, 3.8) is 0 Å². The minimum atomic E-state index is -1.12. The first-order chi connectivity index (χ1) is 13.9. The number of nitrogens with zero attached hydrogens (tertiary/aromatic N) is 1. The number of carbonyl (C=O) groups is 2. The van der Waals surface area contributed by atoms with E-state index < -0.39 is 11.4 Å². The van der Waals surface area contributed by atoms with E-state index in [1.165, 1.54) is 18.2 Å². The number of carbonyl (C=O) groups excluding carboxylic acids is 2. The maximum Gasteiger partial charge on any atom is 0.254 e. The van der Waals surface area contributed by atoms with Gasteiger partial charge in [-0.3, -0.25) is 9.59 Å². The van der Waals surface area contributed by atoms with Gasteiger partial charge in [-0.05, 0) is 55.5 Å². The SMILES string of the molecule is Cc1ccccc1C1(O)CCN(C(=O)c2cc(F)cc(NC(=O)C3CCC3)c2)C1. The van der Waals surface area contributed by atoms with Gasteiger partial charge in [0, 0.05) is 23.7 Å². The molecule has 5 nitrogen and oxygen atoms in total. The van der Waals surface area contributed by atoms with Crippen LogP contribution in [-0.2, 0) is 10.4 Å². The van der Waals surface area contributed by atoms with E-state index in [9.17, 15) is 19.1 Å². The largest absolute Gasteiger partial charge is 0.383 e. The van der Waals surface area contributed by atoms with Crippen molar-refractivity contribution in [3.05, 3.63) is 65.0 Å². The highest BCUT2D eigenvalue weighted by Crippen LogP contribution is 2.35. The van der Waals surface area contributed by atoms with Crippen LogP contribution in [0, 0.1) is 18.7 Å². The Hall–Kier alpha value is -2.73. The van der Waals surface area contributed by atoms with Gasteiger partial charge < -0.3 is 15.3 Å². The second-order valence-electron chi connectivity index (χ2n) is 8.17. The first-order valence-corrected chi connectivity index (χ1v) is 10.0. The van der Waals surface area contributed by atoms with Crippen LogP contribution < -0.4 is 5.32 Å². The molecule has 0 spiro atoms. The monoisotopic (exact) mass is 396 g/mol. The molecule has 2 aliphatic rings. The predicted molar refractivity (Wildman–Crippen MR) is 108 cm³/mol. The molecule has 1 saturated carbocycles. The third-order valence-electron chi connectivity index (χ3n) is 6.07. The molecule has 2 fully saturated rings. The first-order valence-electron chi connectivity index (χ1n) is 10.0. The number of aliphatic hydroxyl groups is 1. The van der Waals surface area contributed by atoms with Crippen molar-refractivity contribution in [2.24, 2.45) is 5.92 Å². The van der Waals surface area contributed by atoms with Gasteiger partial charge in [0.1, 0.15) is 11.4 Å². The van der Waals surface area contributed by atoms with Crippen LogP contribution in [0.25, 0.3) is 0 Å². The Morgan fingerprint density at radius 2 is 1.97 bits per heavy atom. The van der Waals surface area contributed by atoms with E-state index in [1.807, 2.05) is 31.2 Å². The highest BCUT2D eigenvalue weighted by atomic mass is 19.1. The van der Waals surface area contributed by atoms with Crippen LogP contribution in [0.1, 0.15) is 47.2 Å². The lowest BCUT2D eigenvalue weighted by molar-refractivity contribution is -0.122. The van der Waals surface area contributed by atoms with Crippen molar-refractivity contribution in [2.45, 2.75) is 38.2 Å². The van der Waals surface area contributed by atoms with Crippen LogP contribution in [0.2, 0.25) is 0 Å². The zero-order valence-corrected chi connectivity index (χ0v) is 16.5. The van der Waals surface area contributed by atoms with Gasteiger partial charge in [0.25, 0.3) is 5.91 Å². The second-order valence-corrected chi connectivity index (χ2v) is 8.17. The van der Waals surface area contributed by atoms with E-state index in [4.69, 9.17) is 0 Å². The molecule has 4 rings (SSSR count). The van der Waals surface area contributed by atoms with Crippen LogP contribution in [0.3, 0.4) is 0 Å². The standard InChI is InChI=1S/C23H25FN2O3/c1-15-5-2-3-8-20(15)23(29)9-10-26(14-23)22(28)17-11-18(24)13-19(12-17)25-21(27)16-6-4-7-16/h2-3,5,8,11-13,16,29H,4,6-7,9-10,14H2,1H3,(H,25,27). The number of hydrogen-bond acceptors (Lipinski definition) is 3. The number of β-amino-alcohol motifs (C(OH)–C–C–N with tert-alkyl or cyclic N) is 1. The molecule has 6 heteroatoms. The Kier molecular flexibility index (Phi) is 5.13. The Balaban J connectivity index is 1.51. The van der Waals surface area contributed by atoms with Crippen molar-refractivity contribution >= 4 is 17.5 Å². The molecule has 2 N–H and O–H groups in total. The van der Waals surface area contributed by atoms with E-state index in [1.54, 1.807) is 4.90 Å². The molecular formula is C23H25FN2O3. The van der Waals surface area contributed by atoms with Crippen LogP contribution in [0.15, 0.2) is 42.5 Å². The average molecular weight is 396 g/mol. The molecule has 1 heterocycles. The summed E-state index contributed by atoms with van der Waals surface area (Å²) < 4.78 is 14.1. The first kappa shape index (κ1) is 19.6. The number of hydrogen-bond donors (Lipinski definition) is 2. The zero-order chi connectivity index (χ0) is 20.6. The summed E-state index contributed by atoms with van der Waals surface area (Å²) in [5, 5.41) is 13.8. The van der Waals surface area contributed by atoms with Crippen LogP contribution in [0.5, 0.6) is 0 Å². The van der Waals surface area contributed by atoms with Crippen LogP contribution >= 0.6 is 0 Å². The number of aryl methyl sites for hydroxylation is 1. The van der Waals surface area contributed by atoms with Crippen LogP contribution in [0.4, 0.5) is 10.1 Å². The summed E-state index contributed by atoms with van der Waals surface area (Å²) in [5.74, 6) is -1.09. The van der Waals surface area contributed by atoms with Gasteiger partial charge >= 0.3 is 0 Å².